The van der Waals surface area contributed by atoms with E-state index in [4.69, 9.17) is 14.7 Å². The fourth-order valence-electron chi connectivity index (χ4n) is 11.1. The first kappa shape index (κ1) is 44.6. The highest BCUT2D eigenvalue weighted by Crippen LogP contribution is 2.46. The highest BCUT2D eigenvalue weighted by Gasteiger charge is 2.52. The van der Waals surface area contributed by atoms with E-state index in [0.29, 0.717) is 73.8 Å². The van der Waals surface area contributed by atoms with Gasteiger partial charge in [0.1, 0.15) is 11.6 Å². The number of hydrogen-bond acceptors (Lipinski definition) is 10. The van der Waals surface area contributed by atoms with Gasteiger partial charge >= 0.3 is 0 Å². The van der Waals surface area contributed by atoms with Crippen molar-refractivity contribution in [2.24, 2.45) is 29.7 Å². The number of pyridine rings is 1. The molecule has 2 N–H and O–H groups in total. The molecule has 3 aromatic heterocycles. The first-order valence-corrected chi connectivity index (χ1v) is 23.6. The Kier molecular flexibility index (Phi) is 11.4. The van der Waals surface area contributed by atoms with Gasteiger partial charge in [0.05, 0.1) is 46.9 Å². The van der Waals surface area contributed by atoms with Gasteiger partial charge in [-0.1, -0.05) is 26.8 Å². The third kappa shape index (κ3) is 8.55. The maximum Gasteiger partial charge on any atom is 0.258 e. The Morgan fingerprint density at radius 1 is 0.940 bits per heavy atom. The van der Waals surface area contributed by atoms with Gasteiger partial charge in [0, 0.05) is 80.7 Å². The van der Waals surface area contributed by atoms with E-state index in [1.807, 2.05) is 43.7 Å². The SMILES string of the molecule is Cc1cc2cc(n1)-c1cnn(C)c1OCCC[C@@H](C)Cn1c(nc3ccc(CN4CCC5(CC4)CN(C(=O)[C@H]4CN(c6cc(F)c([C@H]7CCC(=O)NC7=O)c(F)c6)CC4(C)C)C5)cc31)NC2=O. The second-order valence-electron chi connectivity index (χ2n) is 20.5. The topological polar surface area (TPSA) is 160 Å². The average Bonchev–Trinajstić information content (AvgIpc) is 3.92. The number of ether oxygens (including phenoxy) is 1. The molecule has 4 amide bonds. The Labute approximate surface area is 388 Å². The maximum absolute atomic E-state index is 15.5. The zero-order valence-corrected chi connectivity index (χ0v) is 38.8. The molecule has 0 saturated carbocycles. The molecule has 0 aliphatic carbocycles. The van der Waals surface area contributed by atoms with Crippen LogP contribution < -0.4 is 20.3 Å². The largest absolute Gasteiger partial charge is 0.477 e. The molecule has 15 nitrogen and oxygen atoms in total. The standard InChI is InChI=1S/C50H58F2N10O5/c1-29-7-6-16-67-47-35(22-53-58(47)5)40-19-32(17-30(2)54-40)44(64)57-48-55-39-10-8-31(18-41(39)62(48)23-29)24-59-14-12-50(13-15-59)27-61(28-50)46(66)36-25-60(26-49(36,3)4)33-20-37(51)43(38(52)21-33)34-9-11-42(63)56-45(34)65/h8,10,17-22,29,34,36H,6-7,9,11-16,23-28H2,1-5H3,(H,55,57,64)(H,56,63,65)/t29-,34-,36-/m1/s1. The predicted octanol–water partition coefficient (Wildman–Crippen LogP) is 6.59. The van der Waals surface area contributed by atoms with Crippen LogP contribution in [-0.4, -0.2) is 104 Å². The molecule has 1 spiro atoms. The Morgan fingerprint density at radius 3 is 2.45 bits per heavy atom. The number of aromatic nitrogens is 5. The predicted molar refractivity (Wildman–Crippen MR) is 247 cm³/mol. The minimum atomic E-state index is -1.07. The minimum Gasteiger partial charge on any atom is -0.477 e. The molecule has 10 rings (SSSR count). The van der Waals surface area contributed by atoms with Gasteiger partial charge < -0.3 is 19.1 Å². The van der Waals surface area contributed by atoms with Crippen molar-refractivity contribution in [3.8, 4) is 17.1 Å². The van der Waals surface area contributed by atoms with E-state index in [0.717, 1.165) is 61.9 Å². The Bertz CT molecular complexity index is 2780. The number of nitrogens with one attached hydrogen (secondary N) is 2. The summed E-state index contributed by atoms with van der Waals surface area (Å²) in [6, 6.07) is 12.4. The van der Waals surface area contributed by atoms with Gasteiger partial charge in [-0.25, -0.2) is 18.4 Å². The van der Waals surface area contributed by atoms with Crippen molar-refractivity contribution >= 4 is 46.3 Å². The molecule has 352 valence electrons. The Hall–Kier alpha value is -6.23. The molecule has 4 saturated heterocycles. The second-order valence-corrected chi connectivity index (χ2v) is 20.5. The van der Waals surface area contributed by atoms with Crippen molar-refractivity contribution in [3.63, 3.8) is 0 Å². The number of imide groups is 1. The summed E-state index contributed by atoms with van der Waals surface area (Å²) in [6.07, 6.45) is 5.50. The highest BCUT2D eigenvalue weighted by atomic mass is 19.1. The summed E-state index contributed by atoms with van der Waals surface area (Å²) in [7, 11) is 1.84. The molecule has 8 heterocycles. The molecule has 5 aliphatic heterocycles. The number of rotatable bonds is 5. The van der Waals surface area contributed by atoms with Crippen molar-refractivity contribution in [3.05, 3.63) is 82.7 Å². The second kappa shape index (κ2) is 17.1. The number of halogens is 2. The van der Waals surface area contributed by atoms with Crippen LogP contribution in [0.5, 0.6) is 5.88 Å². The molecular formula is C50H58F2N10O5. The molecule has 2 bridgehead atoms. The molecule has 0 radical (unpaired) electrons. The summed E-state index contributed by atoms with van der Waals surface area (Å²) in [4.78, 5) is 68.0. The third-order valence-electron chi connectivity index (χ3n) is 14.9. The third-order valence-corrected chi connectivity index (χ3v) is 14.9. The van der Waals surface area contributed by atoms with Crippen LogP contribution in [0.25, 0.3) is 22.3 Å². The number of anilines is 2. The van der Waals surface area contributed by atoms with Gasteiger partial charge in [0.25, 0.3) is 5.91 Å². The smallest absolute Gasteiger partial charge is 0.258 e. The summed E-state index contributed by atoms with van der Waals surface area (Å²) >= 11 is 0. The zero-order chi connectivity index (χ0) is 46.9. The fraction of sp³-hybridized carbons (Fsp3) is 0.500. The summed E-state index contributed by atoms with van der Waals surface area (Å²) < 4.78 is 41.1. The lowest BCUT2D eigenvalue weighted by Gasteiger charge is -2.55. The van der Waals surface area contributed by atoms with E-state index in [1.54, 1.807) is 23.0 Å². The summed E-state index contributed by atoms with van der Waals surface area (Å²) in [5.74, 6) is -2.99. The van der Waals surface area contributed by atoms with Gasteiger partial charge in [0.15, 0.2) is 0 Å². The van der Waals surface area contributed by atoms with Crippen molar-refractivity contribution in [2.45, 2.75) is 85.2 Å². The van der Waals surface area contributed by atoms with Crippen molar-refractivity contribution in [1.29, 1.82) is 0 Å². The van der Waals surface area contributed by atoms with E-state index in [-0.39, 0.29) is 47.5 Å². The van der Waals surface area contributed by atoms with Gasteiger partial charge in [-0.2, -0.15) is 5.10 Å². The number of benzene rings is 2. The number of fused-ring (bicyclic) bond motifs is 7. The lowest BCUT2D eigenvalue weighted by atomic mass is 9.70. The van der Waals surface area contributed by atoms with E-state index in [9.17, 15) is 19.2 Å². The summed E-state index contributed by atoms with van der Waals surface area (Å²) in [5, 5.41) is 9.73. The van der Waals surface area contributed by atoms with Crippen LogP contribution in [0.4, 0.5) is 20.4 Å². The Balaban J connectivity index is 0.780. The zero-order valence-electron chi connectivity index (χ0n) is 38.8. The number of carbonyl (C=O) groups is 4. The lowest BCUT2D eigenvalue weighted by Crippen LogP contribution is -2.63. The normalized spacial score (nSPS) is 23.1. The molecule has 3 atom stereocenters. The lowest BCUT2D eigenvalue weighted by molar-refractivity contribution is -0.153. The number of amides is 4. The number of carbonyl (C=O) groups excluding carboxylic acids is 4. The number of aryl methyl sites for hydroxylation is 2. The van der Waals surface area contributed by atoms with Crippen molar-refractivity contribution in [2.75, 3.05) is 56.1 Å². The number of imidazole rings is 1. The number of likely N-dealkylation sites (tertiary alicyclic amines) is 2. The Morgan fingerprint density at radius 2 is 1.70 bits per heavy atom. The number of hydrogen-bond donors (Lipinski definition) is 2. The number of nitrogens with zero attached hydrogens (tertiary/aromatic N) is 8. The van der Waals surface area contributed by atoms with Gasteiger partial charge in [-0.05, 0) is 105 Å². The van der Waals surface area contributed by atoms with Gasteiger partial charge in [-0.15, -0.1) is 0 Å². The average molecular weight is 917 g/mol. The van der Waals surface area contributed by atoms with Crippen molar-refractivity contribution < 1.29 is 32.7 Å². The quantitative estimate of drug-likeness (QED) is 0.184. The molecule has 0 unspecified atom stereocenters. The molecule has 5 aromatic rings. The van der Waals surface area contributed by atoms with Gasteiger partial charge in [0.2, 0.25) is 29.5 Å². The molecule has 2 aromatic carbocycles. The summed E-state index contributed by atoms with van der Waals surface area (Å²) in [6.45, 7) is 14.1. The van der Waals surface area contributed by atoms with Crippen molar-refractivity contribution in [1.82, 2.24) is 39.4 Å². The van der Waals surface area contributed by atoms with Crippen LogP contribution in [0.3, 0.4) is 0 Å². The van der Waals surface area contributed by atoms with E-state index < -0.39 is 34.8 Å². The van der Waals surface area contributed by atoms with Gasteiger partial charge in [-0.3, -0.25) is 39.7 Å². The monoisotopic (exact) mass is 916 g/mol. The first-order chi connectivity index (χ1) is 32.0. The number of piperidine rings is 2. The summed E-state index contributed by atoms with van der Waals surface area (Å²) in [5.41, 5.74) is 5.13. The van der Waals surface area contributed by atoms with E-state index in [1.165, 1.54) is 17.7 Å². The van der Waals surface area contributed by atoms with Crippen LogP contribution >= 0.6 is 0 Å². The van der Waals surface area contributed by atoms with Crippen LogP contribution in [-0.2, 0) is 34.5 Å². The fourth-order valence-corrected chi connectivity index (χ4v) is 11.1. The highest BCUT2D eigenvalue weighted by molar-refractivity contribution is 6.05. The van der Waals surface area contributed by atoms with Crippen LogP contribution in [0.1, 0.15) is 92.4 Å². The molecule has 67 heavy (non-hydrogen) atoms. The van der Waals surface area contributed by atoms with E-state index in [2.05, 4.69) is 44.3 Å². The van der Waals surface area contributed by atoms with Crippen LogP contribution in [0.15, 0.2) is 48.7 Å². The van der Waals surface area contributed by atoms with E-state index >= 15 is 8.78 Å². The van der Waals surface area contributed by atoms with Crippen LogP contribution in [0.2, 0.25) is 0 Å². The molecular weight excluding hydrogens is 859 g/mol. The minimum absolute atomic E-state index is 0.0226. The van der Waals surface area contributed by atoms with Crippen LogP contribution in [0, 0.1) is 41.2 Å². The first-order valence-electron chi connectivity index (χ1n) is 23.6. The molecule has 5 aliphatic rings. The molecule has 4 fully saturated rings. The molecule has 17 heteroatoms. The maximum atomic E-state index is 15.5.